The van der Waals surface area contributed by atoms with Gasteiger partial charge in [0.15, 0.2) is 0 Å². The second-order valence-electron chi connectivity index (χ2n) is 8.26. The normalized spacial score (nSPS) is 10.6. The van der Waals surface area contributed by atoms with Crippen molar-refractivity contribution in [3.63, 3.8) is 0 Å². The van der Waals surface area contributed by atoms with E-state index in [2.05, 4.69) is 48.7 Å². The fourth-order valence-electron chi connectivity index (χ4n) is 2.79. The minimum absolute atomic E-state index is 0.268. The van der Waals surface area contributed by atoms with Gasteiger partial charge in [0.1, 0.15) is 8.07 Å². The number of carbonyl (C=O) groups is 2. The van der Waals surface area contributed by atoms with Crippen LogP contribution in [0.25, 0.3) is 0 Å². The Morgan fingerprint density at radius 1 is 1.00 bits per heavy atom. The maximum absolute atomic E-state index is 13.2. The summed E-state index contributed by atoms with van der Waals surface area (Å²) < 4.78 is 5.11. The molecule has 0 radical (unpaired) electrons. The highest BCUT2D eigenvalue weighted by molar-refractivity contribution is 6.83. The van der Waals surface area contributed by atoms with E-state index in [4.69, 9.17) is 4.74 Å². The zero-order valence-electron chi connectivity index (χ0n) is 19.1. The van der Waals surface area contributed by atoms with E-state index in [0.717, 1.165) is 30.6 Å². The Bertz CT molecular complexity index is 984. The van der Waals surface area contributed by atoms with Crippen LogP contribution in [-0.2, 0) is 4.74 Å². The number of amides is 1. The van der Waals surface area contributed by atoms with Crippen LogP contribution in [0.15, 0.2) is 42.5 Å². The number of ether oxygens (including phenoxy) is 1. The summed E-state index contributed by atoms with van der Waals surface area (Å²) in [4.78, 5) is 25.5. The van der Waals surface area contributed by atoms with E-state index in [1.165, 1.54) is 0 Å². The van der Waals surface area contributed by atoms with Gasteiger partial charge < -0.3 is 15.4 Å². The molecule has 0 spiro atoms. The number of anilines is 2. The molecule has 0 aliphatic rings. The van der Waals surface area contributed by atoms with Crippen molar-refractivity contribution >= 4 is 31.3 Å². The van der Waals surface area contributed by atoms with E-state index in [0.29, 0.717) is 16.8 Å². The first kappa shape index (κ1) is 24.2. The summed E-state index contributed by atoms with van der Waals surface area (Å²) >= 11 is 0. The summed E-state index contributed by atoms with van der Waals surface area (Å²) in [5.41, 5.74) is 6.13. The summed E-state index contributed by atoms with van der Waals surface area (Å²) in [6.07, 6.45) is 2.06. The summed E-state index contributed by atoms with van der Waals surface area (Å²) in [5, 5.41) is 6.22. The lowest BCUT2D eigenvalue weighted by Gasteiger charge is -2.14. The predicted octanol–water partition coefficient (Wildman–Crippen LogP) is 5.56. The van der Waals surface area contributed by atoms with Crippen molar-refractivity contribution in [3.05, 3.63) is 59.2 Å². The fourth-order valence-corrected chi connectivity index (χ4v) is 3.31. The van der Waals surface area contributed by atoms with Crippen molar-refractivity contribution < 1.29 is 14.3 Å². The molecule has 0 aliphatic heterocycles. The summed E-state index contributed by atoms with van der Waals surface area (Å²) in [6.45, 7) is 11.5. The van der Waals surface area contributed by atoms with Crippen molar-refractivity contribution in [2.24, 2.45) is 0 Å². The summed E-state index contributed by atoms with van der Waals surface area (Å²) in [6, 6.07) is 12.5. The molecule has 0 atom stereocenters. The van der Waals surface area contributed by atoms with Gasteiger partial charge in [0.2, 0.25) is 0 Å². The lowest BCUT2D eigenvalue weighted by molar-refractivity contribution is 0.0527. The molecular weight excluding hydrogens is 404 g/mol. The smallest absolute Gasteiger partial charge is 0.340 e. The molecule has 0 aromatic heterocycles. The highest BCUT2D eigenvalue weighted by Crippen LogP contribution is 2.22. The van der Waals surface area contributed by atoms with Gasteiger partial charge in [-0.2, -0.15) is 0 Å². The molecule has 2 aromatic rings. The monoisotopic (exact) mass is 436 g/mol. The number of esters is 1. The molecular formula is C25H32N2O3Si. The Labute approximate surface area is 186 Å². The Kier molecular flexibility index (Phi) is 8.89. The van der Waals surface area contributed by atoms with Gasteiger partial charge in [0.05, 0.1) is 23.4 Å². The van der Waals surface area contributed by atoms with Gasteiger partial charge in [-0.15, -0.1) is 5.54 Å². The zero-order chi connectivity index (χ0) is 22.9. The predicted molar refractivity (Wildman–Crippen MR) is 130 cm³/mol. The van der Waals surface area contributed by atoms with Crippen LogP contribution in [-0.4, -0.2) is 33.1 Å². The standard InChI is InChI=1S/C25H32N2O3Si/c1-6-8-16-26-22-14-13-19(15-17-31(3,4)5)18-21(22)24(28)27-23-12-10-9-11-20(23)25(29)30-7-2/h9-14,18,26H,6-8,16H2,1-5H3,(H,27,28). The molecule has 2 rings (SSSR count). The van der Waals surface area contributed by atoms with E-state index in [1.807, 2.05) is 18.2 Å². The second-order valence-corrected chi connectivity index (χ2v) is 13.0. The topological polar surface area (TPSA) is 67.4 Å². The van der Waals surface area contributed by atoms with E-state index < -0.39 is 14.0 Å². The SMILES string of the molecule is CCCCNc1ccc(C#C[Si](C)(C)C)cc1C(=O)Nc1ccccc1C(=O)OCC. The Morgan fingerprint density at radius 2 is 1.74 bits per heavy atom. The molecule has 0 saturated carbocycles. The third kappa shape index (κ3) is 7.61. The highest BCUT2D eigenvalue weighted by Gasteiger charge is 2.17. The number of rotatable bonds is 8. The number of carbonyl (C=O) groups excluding carboxylic acids is 2. The van der Waals surface area contributed by atoms with E-state index in [-0.39, 0.29) is 12.5 Å². The number of benzene rings is 2. The van der Waals surface area contributed by atoms with Crippen LogP contribution in [0.3, 0.4) is 0 Å². The zero-order valence-corrected chi connectivity index (χ0v) is 20.1. The molecule has 5 nitrogen and oxygen atoms in total. The molecule has 1 amide bonds. The van der Waals surface area contributed by atoms with Crippen LogP contribution in [0.2, 0.25) is 19.6 Å². The van der Waals surface area contributed by atoms with Crippen molar-refractivity contribution in [1.82, 2.24) is 0 Å². The molecule has 31 heavy (non-hydrogen) atoms. The maximum Gasteiger partial charge on any atom is 0.340 e. The second kappa shape index (κ2) is 11.4. The Hall–Kier alpha value is -3.04. The molecule has 0 aliphatic carbocycles. The third-order valence-electron chi connectivity index (χ3n) is 4.36. The number of unbranched alkanes of at least 4 members (excludes halogenated alkanes) is 1. The van der Waals surface area contributed by atoms with Crippen molar-refractivity contribution in [3.8, 4) is 11.5 Å². The van der Waals surface area contributed by atoms with Crippen LogP contribution in [0.1, 0.15) is 53.0 Å². The fraction of sp³-hybridized carbons (Fsp3) is 0.360. The van der Waals surface area contributed by atoms with Gasteiger partial charge in [0, 0.05) is 17.8 Å². The van der Waals surface area contributed by atoms with Gasteiger partial charge >= 0.3 is 5.97 Å². The molecule has 0 heterocycles. The van der Waals surface area contributed by atoms with Crippen molar-refractivity contribution in [2.75, 3.05) is 23.8 Å². The van der Waals surface area contributed by atoms with Crippen LogP contribution < -0.4 is 10.6 Å². The Balaban J connectivity index is 2.38. The maximum atomic E-state index is 13.2. The van der Waals surface area contributed by atoms with E-state index in [1.54, 1.807) is 31.2 Å². The number of hydrogen-bond acceptors (Lipinski definition) is 4. The number of nitrogens with one attached hydrogen (secondary N) is 2. The molecule has 0 bridgehead atoms. The molecule has 2 aromatic carbocycles. The van der Waals surface area contributed by atoms with E-state index in [9.17, 15) is 9.59 Å². The first-order chi connectivity index (χ1) is 14.7. The third-order valence-corrected chi connectivity index (χ3v) is 5.24. The largest absolute Gasteiger partial charge is 0.462 e. The summed E-state index contributed by atoms with van der Waals surface area (Å²) in [7, 11) is -1.54. The highest BCUT2D eigenvalue weighted by atomic mass is 28.3. The number of hydrogen-bond donors (Lipinski definition) is 2. The average molecular weight is 437 g/mol. The summed E-state index contributed by atoms with van der Waals surface area (Å²) in [5.74, 6) is 2.45. The minimum atomic E-state index is -1.54. The minimum Gasteiger partial charge on any atom is -0.462 e. The van der Waals surface area contributed by atoms with Crippen LogP contribution in [0.4, 0.5) is 11.4 Å². The first-order valence-corrected chi connectivity index (χ1v) is 14.2. The molecule has 2 N–H and O–H groups in total. The van der Waals surface area contributed by atoms with Gasteiger partial charge in [-0.3, -0.25) is 4.79 Å². The van der Waals surface area contributed by atoms with Crippen molar-refractivity contribution in [1.29, 1.82) is 0 Å². The molecule has 0 saturated heterocycles. The molecule has 164 valence electrons. The van der Waals surface area contributed by atoms with Crippen LogP contribution in [0.5, 0.6) is 0 Å². The molecule has 0 unspecified atom stereocenters. The van der Waals surface area contributed by atoms with E-state index >= 15 is 0 Å². The van der Waals surface area contributed by atoms with Gasteiger partial charge in [-0.1, -0.05) is 51.0 Å². The molecule has 0 fully saturated rings. The van der Waals surface area contributed by atoms with Gasteiger partial charge in [-0.25, -0.2) is 4.79 Å². The van der Waals surface area contributed by atoms with Crippen molar-refractivity contribution in [2.45, 2.75) is 46.3 Å². The quantitative estimate of drug-likeness (QED) is 0.246. The van der Waals surface area contributed by atoms with Gasteiger partial charge in [0.25, 0.3) is 5.91 Å². The average Bonchev–Trinajstić information content (AvgIpc) is 2.73. The molecule has 6 heteroatoms. The Morgan fingerprint density at radius 3 is 2.42 bits per heavy atom. The van der Waals surface area contributed by atoms with Crippen LogP contribution >= 0.6 is 0 Å². The lowest BCUT2D eigenvalue weighted by Crippen LogP contribution is -2.18. The number of para-hydroxylation sites is 1. The first-order valence-electron chi connectivity index (χ1n) is 10.7. The lowest BCUT2D eigenvalue weighted by atomic mass is 10.1. The van der Waals surface area contributed by atoms with Crippen LogP contribution in [0, 0.1) is 11.5 Å². The van der Waals surface area contributed by atoms with Gasteiger partial charge in [-0.05, 0) is 43.7 Å².